The number of hydrogen-bond donors (Lipinski definition) is 2. The lowest BCUT2D eigenvalue weighted by Crippen LogP contribution is -2.38. The second-order valence-electron chi connectivity index (χ2n) is 5.73. The lowest BCUT2D eigenvalue weighted by Gasteiger charge is -2.17. The molecule has 1 aromatic rings. The van der Waals surface area contributed by atoms with Crippen LogP contribution in [-0.2, 0) is 19.0 Å². The van der Waals surface area contributed by atoms with Crippen molar-refractivity contribution in [3.63, 3.8) is 0 Å². The molecule has 0 aromatic carbocycles. The van der Waals surface area contributed by atoms with Gasteiger partial charge in [0, 0.05) is 11.8 Å². The van der Waals surface area contributed by atoms with Gasteiger partial charge in [0.05, 0.1) is 6.61 Å². The van der Waals surface area contributed by atoms with Gasteiger partial charge >= 0.3 is 11.7 Å². The maximum absolute atomic E-state index is 11.8. The van der Waals surface area contributed by atoms with E-state index in [1.807, 2.05) is 13.8 Å². The van der Waals surface area contributed by atoms with Crippen molar-refractivity contribution in [2.24, 2.45) is 11.7 Å². The van der Waals surface area contributed by atoms with Gasteiger partial charge in [-0.1, -0.05) is 13.8 Å². The fourth-order valence-electron chi connectivity index (χ4n) is 2.00. The average molecular weight is 327 g/mol. The third kappa shape index (κ3) is 4.06. The van der Waals surface area contributed by atoms with Gasteiger partial charge in [-0.05, 0) is 12.8 Å². The highest BCUT2D eigenvalue weighted by Crippen LogP contribution is 2.19. The molecule has 9 nitrogen and oxygen atoms in total. The third-order valence-corrected chi connectivity index (χ3v) is 3.54. The Morgan fingerprint density at radius 2 is 2.22 bits per heavy atom. The van der Waals surface area contributed by atoms with Gasteiger partial charge < -0.3 is 19.9 Å². The van der Waals surface area contributed by atoms with E-state index < -0.39 is 35.8 Å². The molecule has 2 unspecified atom stereocenters. The van der Waals surface area contributed by atoms with E-state index >= 15 is 0 Å². The first-order valence-corrected chi connectivity index (χ1v) is 7.31. The number of ether oxygens (including phenoxy) is 3. The predicted molar refractivity (Wildman–Crippen MR) is 79.7 cm³/mol. The Bertz CT molecular complexity index is 680. The summed E-state index contributed by atoms with van der Waals surface area (Å²) in [6.45, 7) is 5.19. The largest absolute Gasteiger partial charge is 0.459 e. The first kappa shape index (κ1) is 17.4. The summed E-state index contributed by atoms with van der Waals surface area (Å²) in [6.07, 6.45) is -0.0823. The van der Waals surface area contributed by atoms with Crippen molar-refractivity contribution in [2.75, 3.05) is 13.2 Å². The molecule has 1 fully saturated rings. The summed E-state index contributed by atoms with van der Waals surface area (Å²) in [5, 5.41) is 0. The van der Waals surface area contributed by atoms with Crippen molar-refractivity contribution in [3.8, 4) is 0 Å². The van der Waals surface area contributed by atoms with E-state index in [-0.39, 0.29) is 19.1 Å². The maximum atomic E-state index is 11.8. The van der Waals surface area contributed by atoms with E-state index in [9.17, 15) is 14.4 Å². The number of carbonyl (C=O) groups is 1. The molecule has 2 rings (SSSR count). The van der Waals surface area contributed by atoms with Crippen molar-refractivity contribution in [2.45, 2.75) is 39.3 Å². The van der Waals surface area contributed by atoms with Crippen LogP contribution in [0.15, 0.2) is 15.8 Å². The number of nitrogens with two attached hydrogens (primary N) is 1. The van der Waals surface area contributed by atoms with Crippen LogP contribution in [0, 0.1) is 12.8 Å². The highest BCUT2D eigenvalue weighted by molar-refractivity contribution is 5.75. The van der Waals surface area contributed by atoms with Gasteiger partial charge in [-0.15, -0.1) is 0 Å². The number of rotatable bonds is 5. The Balaban J connectivity index is 1.94. The number of nitrogens with zero attached hydrogens (tertiary/aromatic N) is 1. The minimum atomic E-state index is -0.789. The summed E-state index contributed by atoms with van der Waals surface area (Å²) >= 11 is 0. The van der Waals surface area contributed by atoms with Crippen molar-refractivity contribution in [1.82, 2.24) is 9.55 Å². The van der Waals surface area contributed by atoms with Crippen LogP contribution in [0.2, 0.25) is 0 Å². The number of nitrogens with one attached hydrogen (secondary N) is 1. The zero-order valence-corrected chi connectivity index (χ0v) is 13.3. The van der Waals surface area contributed by atoms with Crippen LogP contribution < -0.4 is 17.0 Å². The summed E-state index contributed by atoms with van der Waals surface area (Å²) in [6, 6.07) is -0.711. The quantitative estimate of drug-likeness (QED) is 0.681. The number of esters is 1. The Kier molecular flexibility index (Phi) is 5.34. The molecular weight excluding hydrogens is 306 g/mol. The summed E-state index contributed by atoms with van der Waals surface area (Å²) in [5.41, 5.74) is 5.02. The van der Waals surface area contributed by atoms with Crippen LogP contribution >= 0.6 is 0 Å². The number of aromatic amines is 1. The molecule has 0 saturated carbocycles. The number of hydrogen-bond acceptors (Lipinski definition) is 7. The smallest absolute Gasteiger partial charge is 0.330 e. The normalized spacial score (nSPS) is 22.3. The van der Waals surface area contributed by atoms with Gasteiger partial charge in [0.1, 0.15) is 12.6 Å². The summed E-state index contributed by atoms with van der Waals surface area (Å²) < 4.78 is 17.1. The van der Waals surface area contributed by atoms with Crippen LogP contribution in [-0.4, -0.2) is 41.1 Å². The van der Waals surface area contributed by atoms with Crippen LogP contribution in [0.4, 0.5) is 0 Å². The van der Waals surface area contributed by atoms with E-state index in [2.05, 4.69) is 4.98 Å². The molecule has 0 bridgehead atoms. The molecular formula is C14H21N3O6. The Morgan fingerprint density at radius 1 is 1.52 bits per heavy atom. The summed E-state index contributed by atoms with van der Waals surface area (Å²) in [7, 11) is 0. The molecule has 2 heterocycles. The average Bonchev–Trinajstić information content (AvgIpc) is 2.96. The zero-order chi connectivity index (χ0) is 17.1. The van der Waals surface area contributed by atoms with Gasteiger partial charge in [-0.3, -0.25) is 19.1 Å². The minimum Gasteiger partial charge on any atom is -0.459 e. The zero-order valence-electron chi connectivity index (χ0n) is 13.3. The summed E-state index contributed by atoms with van der Waals surface area (Å²) in [4.78, 5) is 37.0. The van der Waals surface area contributed by atoms with E-state index in [0.717, 1.165) is 0 Å². The lowest BCUT2D eigenvalue weighted by atomic mass is 10.1. The third-order valence-electron chi connectivity index (χ3n) is 3.54. The molecule has 9 heteroatoms. The fourth-order valence-corrected chi connectivity index (χ4v) is 2.00. The Hall–Kier alpha value is -1.97. The molecule has 0 radical (unpaired) electrons. The monoisotopic (exact) mass is 327 g/mol. The van der Waals surface area contributed by atoms with Crippen molar-refractivity contribution < 1.29 is 19.0 Å². The molecule has 3 N–H and O–H groups in total. The van der Waals surface area contributed by atoms with Crippen LogP contribution in [0.25, 0.3) is 0 Å². The van der Waals surface area contributed by atoms with E-state index in [0.29, 0.717) is 5.56 Å². The molecule has 1 aliphatic heterocycles. The van der Waals surface area contributed by atoms with Gasteiger partial charge in [0.25, 0.3) is 5.56 Å². The minimum absolute atomic E-state index is 0.0386. The molecule has 0 amide bonds. The number of aromatic nitrogens is 2. The topological polar surface area (TPSA) is 126 Å². The molecule has 1 saturated heterocycles. The van der Waals surface area contributed by atoms with E-state index in [1.54, 1.807) is 6.92 Å². The van der Waals surface area contributed by atoms with Gasteiger partial charge in [-0.2, -0.15) is 0 Å². The molecule has 23 heavy (non-hydrogen) atoms. The SMILES string of the molecule is Cc1cn(C2COC(COC(=O)[C@@H](N)C(C)C)O2)c(=O)[nH]c1=O. The number of carbonyl (C=O) groups excluding carboxylic acids is 1. The first-order valence-electron chi connectivity index (χ1n) is 7.31. The molecule has 1 aromatic heterocycles. The molecule has 1 aliphatic rings. The number of aryl methyl sites for hydroxylation is 1. The highest BCUT2D eigenvalue weighted by Gasteiger charge is 2.30. The summed E-state index contributed by atoms with van der Waals surface area (Å²) in [5.74, 6) is -0.573. The molecule has 3 atom stereocenters. The van der Waals surface area contributed by atoms with Crippen LogP contribution in [0.1, 0.15) is 25.6 Å². The molecule has 128 valence electrons. The van der Waals surface area contributed by atoms with E-state index in [1.165, 1.54) is 10.8 Å². The van der Waals surface area contributed by atoms with Gasteiger partial charge in [-0.25, -0.2) is 4.79 Å². The molecule has 0 aliphatic carbocycles. The second-order valence-corrected chi connectivity index (χ2v) is 5.73. The highest BCUT2D eigenvalue weighted by atomic mass is 16.7. The Morgan fingerprint density at radius 3 is 2.87 bits per heavy atom. The van der Waals surface area contributed by atoms with Crippen molar-refractivity contribution in [3.05, 3.63) is 32.6 Å². The first-order chi connectivity index (χ1) is 10.8. The van der Waals surface area contributed by atoms with Crippen LogP contribution in [0.5, 0.6) is 0 Å². The predicted octanol–water partition coefficient (Wildman–Crippen LogP) is -0.757. The standard InChI is InChI=1S/C14H21N3O6/c1-7(2)11(15)13(19)22-6-10-21-5-9(23-10)17-4-8(3)12(18)16-14(17)20/h4,7,9-11H,5-6,15H2,1-3H3,(H,16,18,20)/t9?,10?,11-/m0/s1. The van der Waals surface area contributed by atoms with Gasteiger partial charge in [0.2, 0.25) is 0 Å². The maximum Gasteiger partial charge on any atom is 0.330 e. The van der Waals surface area contributed by atoms with Crippen LogP contribution in [0.3, 0.4) is 0 Å². The van der Waals surface area contributed by atoms with Gasteiger partial charge in [0.15, 0.2) is 12.5 Å². The lowest BCUT2D eigenvalue weighted by molar-refractivity contribution is -0.161. The number of H-pyrrole nitrogens is 1. The van der Waals surface area contributed by atoms with E-state index in [4.69, 9.17) is 19.9 Å². The van der Waals surface area contributed by atoms with Crippen molar-refractivity contribution in [1.29, 1.82) is 0 Å². The Labute approximate surface area is 132 Å². The van der Waals surface area contributed by atoms with Crippen molar-refractivity contribution >= 4 is 5.97 Å². The fraction of sp³-hybridized carbons (Fsp3) is 0.643. The second kappa shape index (κ2) is 7.07. The molecule has 0 spiro atoms.